The summed E-state index contributed by atoms with van der Waals surface area (Å²) in [4.78, 5) is 13.4. The van der Waals surface area contributed by atoms with Crippen molar-refractivity contribution >= 4 is 15.9 Å². The molecule has 0 amide bonds. The summed E-state index contributed by atoms with van der Waals surface area (Å²) in [5, 5.41) is 3.29. The van der Waals surface area contributed by atoms with Crippen LogP contribution in [0, 0.1) is 6.92 Å². The molecule has 4 nitrogen and oxygen atoms in total. The monoisotopic (exact) mass is 290 g/mol. The van der Waals surface area contributed by atoms with Gasteiger partial charge in [0.15, 0.2) is 5.82 Å². The van der Waals surface area contributed by atoms with Crippen molar-refractivity contribution in [2.24, 2.45) is 0 Å². The molecule has 3 rings (SSSR count). The predicted molar refractivity (Wildman–Crippen MR) is 68.2 cm³/mol. The smallest absolute Gasteiger partial charge is 0.179 e. The first-order valence-electron chi connectivity index (χ1n) is 5.43. The van der Waals surface area contributed by atoms with E-state index in [0.29, 0.717) is 5.82 Å². The Labute approximate surface area is 108 Å². The van der Waals surface area contributed by atoms with E-state index in [-0.39, 0.29) is 0 Å². The van der Waals surface area contributed by atoms with Gasteiger partial charge >= 0.3 is 0 Å². The quantitative estimate of drug-likeness (QED) is 0.875. The lowest BCUT2D eigenvalue weighted by atomic mass is 10.2. The van der Waals surface area contributed by atoms with Crippen molar-refractivity contribution in [3.63, 3.8) is 0 Å². The molecule has 17 heavy (non-hydrogen) atoms. The summed E-state index contributed by atoms with van der Waals surface area (Å²) < 4.78 is 0.922. The fourth-order valence-electron chi connectivity index (χ4n) is 1.99. The second-order valence-corrected chi connectivity index (χ2v) is 4.85. The molecule has 2 aromatic heterocycles. The van der Waals surface area contributed by atoms with Gasteiger partial charge in [-0.1, -0.05) is 0 Å². The molecule has 0 spiro atoms. The van der Waals surface area contributed by atoms with Gasteiger partial charge in [-0.25, -0.2) is 9.97 Å². The summed E-state index contributed by atoms with van der Waals surface area (Å²) in [6.07, 6.45) is 1.75. The molecule has 0 unspecified atom stereocenters. The van der Waals surface area contributed by atoms with Gasteiger partial charge in [0, 0.05) is 35.0 Å². The van der Waals surface area contributed by atoms with Gasteiger partial charge in [0.25, 0.3) is 0 Å². The normalized spacial score (nSPS) is 13.8. The number of hydrogen-bond donors (Lipinski definition) is 1. The Morgan fingerprint density at radius 3 is 3.00 bits per heavy atom. The molecule has 2 aromatic rings. The van der Waals surface area contributed by atoms with E-state index in [0.717, 1.165) is 34.6 Å². The number of fused-ring (bicyclic) bond motifs is 1. The minimum atomic E-state index is 0.692. The average Bonchev–Trinajstić information content (AvgIpc) is 2.78. The van der Waals surface area contributed by atoms with E-state index >= 15 is 0 Å². The van der Waals surface area contributed by atoms with Crippen LogP contribution in [0.5, 0.6) is 0 Å². The highest BCUT2D eigenvalue weighted by Crippen LogP contribution is 2.25. The van der Waals surface area contributed by atoms with E-state index in [1.54, 1.807) is 6.20 Å². The molecule has 3 heterocycles. The lowest BCUT2D eigenvalue weighted by Crippen LogP contribution is -2.01. The van der Waals surface area contributed by atoms with E-state index < -0.39 is 0 Å². The first-order chi connectivity index (χ1) is 8.25. The van der Waals surface area contributed by atoms with Crippen molar-refractivity contribution in [3.8, 4) is 11.5 Å². The molecule has 0 fully saturated rings. The summed E-state index contributed by atoms with van der Waals surface area (Å²) in [6.45, 7) is 3.70. The van der Waals surface area contributed by atoms with Gasteiger partial charge in [0.05, 0.1) is 5.69 Å². The molecular weight excluding hydrogens is 280 g/mol. The molecule has 5 heteroatoms. The Kier molecular flexibility index (Phi) is 2.64. The number of nitrogens with zero attached hydrogens (tertiary/aromatic N) is 3. The summed E-state index contributed by atoms with van der Waals surface area (Å²) in [5.74, 6) is 0.692. The van der Waals surface area contributed by atoms with Crippen molar-refractivity contribution in [3.05, 3.63) is 39.8 Å². The van der Waals surface area contributed by atoms with Gasteiger partial charge in [0.2, 0.25) is 0 Å². The summed E-state index contributed by atoms with van der Waals surface area (Å²) in [6, 6.07) is 3.84. The predicted octanol–water partition coefficient (Wildman–Crippen LogP) is 2.21. The molecule has 0 bridgehead atoms. The van der Waals surface area contributed by atoms with Crippen LogP contribution < -0.4 is 5.32 Å². The third-order valence-electron chi connectivity index (χ3n) is 2.86. The molecule has 1 aliphatic rings. The number of pyridine rings is 1. The number of nitrogens with one attached hydrogen (secondary N) is 1. The number of hydrogen-bond acceptors (Lipinski definition) is 4. The van der Waals surface area contributed by atoms with Crippen LogP contribution in [-0.4, -0.2) is 15.0 Å². The molecule has 0 aromatic carbocycles. The van der Waals surface area contributed by atoms with Crippen LogP contribution in [0.4, 0.5) is 0 Å². The highest BCUT2D eigenvalue weighted by molar-refractivity contribution is 9.10. The number of aromatic nitrogens is 3. The maximum atomic E-state index is 4.58. The first-order valence-corrected chi connectivity index (χ1v) is 6.23. The molecule has 0 aliphatic carbocycles. The lowest BCUT2D eigenvalue weighted by molar-refractivity contribution is 0.757. The number of rotatable bonds is 1. The van der Waals surface area contributed by atoms with E-state index in [1.165, 1.54) is 5.56 Å². The fraction of sp³-hybridized carbons (Fsp3) is 0.250. The average molecular weight is 291 g/mol. The van der Waals surface area contributed by atoms with Crippen LogP contribution in [0.15, 0.2) is 22.8 Å². The second kappa shape index (κ2) is 4.16. The molecule has 1 N–H and O–H groups in total. The Morgan fingerprint density at radius 1 is 1.29 bits per heavy atom. The fourth-order valence-corrected chi connectivity index (χ4v) is 2.43. The van der Waals surface area contributed by atoms with Crippen LogP contribution in [0.25, 0.3) is 11.5 Å². The standard InChI is InChI=1S/C12H11BrN4/c1-7-8-5-14-6-10(8)17-12(16-7)11-9(13)3-2-4-15-11/h2-4,14H,5-6H2,1H3. The Balaban J connectivity index is 2.17. The Hall–Kier alpha value is -1.33. The van der Waals surface area contributed by atoms with E-state index in [2.05, 4.69) is 36.2 Å². The molecule has 0 atom stereocenters. The third kappa shape index (κ3) is 1.85. The molecule has 0 saturated heterocycles. The van der Waals surface area contributed by atoms with Gasteiger partial charge in [-0.15, -0.1) is 0 Å². The van der Waals surface area contributed by atoms with Crippen LogP contribution in [0.2, 0.25) is 0 Å². The molecule has 1 aliphatic heterocycles. The number of aryl methyl sites for hydroxylation is 1. The van der Waals surface area contributed by atoms with E-state index in [4.69, 9.17) is 0 Å². The minimum absolute atomic E-state index is 0.692. The largest absolute Gasteiger partial charge is 0.307 e. The Morgan fingerprint density at radius 2 is 2.18 bits per heavy atom. The van der Waals surface area contributed by atoms with Crippen molar-refractivity contribution in [2.75, 3.05) is 0 Å². The molecule has 0 radical (unpaired) electrons. The highest BCUT2D eigenvalue weighted by atomic mass is 79.9. The molecular formula is C12H11BrN4. The zero-order chi connectivity index (χ0) is 11.8. The maximum absolute atomic E-state index is 4.58. The maximum Gasteiger partial charge on any atom is 0.179 e. The SMILES string of the molecule is Cc1nc(-c2ncccc2Br)nc2c1CNC2. The summed E-state index contributed by atoms with van der Waals surface area (Å²) in [5.41, 5.74) is 4.14. The van der Waals surface area contributed by atoms with Gasteiger partial charge in [-0.2, -0.15) is 0 Å². The summed E-state index contributed by atoms with van der Waals surface area (Å²) >= 11 is 3.48. The van der Waals surface area contributed by atoms with Crippen LogP contribution in [-0.2, 0) is 13.1 Å². The molecule has 86 valence electrons. The van der Waals surface area contributed by atoms with Crippen LogP contribution >= 0.6 is 15.9 Å². The van der Waals surface area contributed by atoms with Crippen LogP contribution in [0.3, 0.4) is 0 Å². The zero-order valence-electron chi connectivity index (χ0n) is 9.37. The number of halogens is 1. The first kappa shape index (κ1) is 10.8. The van der Waals surface area contributed by atoms with Gasteiger partial charge in [-0.3, -0.25) is 4.98 Å². The molecule has 0 saturated carbocycles. The van der Waals surface area contributed by atoms with Crippen molar-refractivity contribution in [2.45, 2.75) is 20.0 Å². The van der Waals surface area contributed by atoms with Crippen molar-refractivity contribution in [1.82, 2.24) is 20.3 Å². The topological polar surface area (TPSA) is 50.7 Å². The minimum Gasteiger partial charge on any atom is -0.307 e. The highest BCUT2D eigenvalue weighted by Gasteiger charge is 2.18. The zero-order valence-corrected chi connectivity index (χ0v) is 11.0. The summed E-state index contributed by atoms with van der Waals surface area (Å²) in [7, 11) is 0. The van der Waals surface area contributed by atoms with Crippen molar-refractivity contribution < 1.29 is 0 Å². The van der Waals surface area contributed by atoms with Gasteiger partial charge in [0.1, 0.15) is 5.69 Å². The van der Waals surface area contributed by atoms with E-state index in [1.807, 2.05) is 19.1 Å². The third-order valence-corrected chi connectivity index (χ3v) is 3.50. The Bertz CT molecular complexity index is 583. The lowest BCUT2D eigenvalue weighted by Gasteiger charge is -2.06. The van der Waals surface area contributed by atoms with Gasteiger partial charge < -0.3 is 5.32 Å². The second-order valence-electron chi connectivity index (χ2n) is 4.00. The van der Waals surface area contributed by atoms with Crippen molar-refractivity contribution in [1.29, 1.82) is 0 Å². The van der Waals surface area contributed by atoms with Crippen LogP contribution in [0.1, 0.15) is 17.0 Å². The van der Waals surface area contributed by atoms with Gasteiger partial charge in [-0.05, 0) is 35.0 Å². The van der Waals surface area contributed by atoms with E-state index in [9.17, 15) is 0 Å².